The van der Waals surface area contributed by atoms with Gasteiger partial charge in [0.15, 0.2) is 15.2 Å². The summed E-state index contributed by atoms with van der Waals surface area (Å²) in [5.74, 6) is 0.263. The number of rotatable bonds is 4. The predicted molar refractivity (Wildman–Crippen MR) is 82.0 cm³/mol. The van der Waals surface area contributed by atoms with Crippen LogP contribution < -0.4 is 4.90 Å². The monoisotopic (exact) mass is 317 g/mol. The molecule has 2 heterocycles. The molecule has 1 saturated heterocycles. The normalized spacial score (nSPS) is 16.8. The fourth-order valence-electron chi connectivity index (χ4n) is 2.28. The van der Waals surface area contributed by atoms with Crippen LogP contribution in [0.3, 0.4) is 0 Å². The zero-order chi connectivity index (χ0) is 14.7. The third-order valence-corrected chi connectivity index (χ3v) is 4.69. The average molecular weight is 318 g/mol. The number of piperazine rings is 1. The van der Waals surface area contributed by atoms with Gasteiger partial charge >= 0.3 is 5.97 Å². The Morgan fingerprint density at radius 1 is 1.40 bits per heavy atom. The van der Waals surface area contributed by atoms with E-state index >= 15 is 0 Å². The molecular weight excluding hydrogens is 298 g/mol. The second-order valence-corrected chi connectivity index (χ2v) is 6.62. The molecule has 7 heteroatoms. The van der Waals surface area contributed by atoms with Gasteiger partial charge in [0.1, 0.15) is 0 Å². The molecular formula is C13H20ClN3O2S. The number of thiazole rings is 1. The molecule has 112 valence electrons. The van der Waals surface area contributed by atoms with Crippen LogP contribution in [0, 0.1) is 5.92 Å². The van der Waals surface area contributed by atoms with Crippen molar-refractivity contribution in [3.63, 3.8) is 0 Å². The zero-order valence-electron chi connectivity index (χ0n) is 12.1. The second kappa shape index (κ2) is 6.74. The van der Waals surface area contributed by atoms with Gasteiger partial charge in [0.2, 0.25) is 0 Å². The van der Waals surface area contributed by atoms with Crippen LogP contribution in [0.15, 0.2) is 0 Å². The Bertz CT molecular complexity index is 470. The summed E-state index contributed by atoms with van der Waals surface area (Å²) in [5.41, 5.74) is 0. The van der Waals surface area contributed by atoms with Crippen molar-refractivity contribution in [2.75, 3.05) is 44.7 Å². The molecule has 20 heavy (non-hydrogen) atoms. The third kappa shape index (κ3) is 3.62. The molecule has 5 nitrogen and oxygen atoms in total. The third-order valence-electron chi connectivity index (χ3n) is 3.21. The first-order chi connectivity index (χ1) is 9.51. The first-order valence-electron chi connectivity index (χ1n) is 6.73. The first-order valence-corrected chi connectivity index (χ1v) is 7.92. The minimum absolute atomic E-state index is 0.237. The SMILES string of the molecule is COC(=O)c1sc(N2CCN(CC(C)C)CC2)nc1Cl. The number of nitrogens with zero attached hydrogens (tertiary/aromatic N) is 3. The van der Waals surface area contributed by atoms with Gasteiger partial charge in [-0.1, -0.05) is 36.8 Å². The molecule has 0 atom stereocenters. The lowest BCUT2D eigenvalue weighted by Crippen LogP contribution is -2.47. The summed E-state index contributed by atoms with van der Waals surface area (Å²) >= 11 is 7.30. The fourth-order valence-corrected chi connectivity index (χ4v) is 3.53. The Labute approximate surface area is 128 Å². The molecule has 0 radical (unpaired) electrons. The van der Waals surface area contributed by atoms with Crippen molar-refractivity contribution < 1.29 is 9.53 Å². The van der Waals surface area contributed by atoms with Crippen molar-refractivity contribution in [1.29, 1.82) is 0 Å². The highest BCUT2D eigenvalue weighted by Crippen LogP contribution is 2.30. The smallest absolute Gasteiger partial charge is 0.351 e. The number of halogens is 1. The predicted octanol–water partition coefficient (Wildman–Crippen LogP) is 2.36. The second-order valence-electron chi connectivity index (χ2n) is 5.29. The highest BCUT2D eigenvalue weighted by atomic mass is 35.5. The number of methoxy groups -OCH3 is 1. The maximum absolute atomic E-state index is 11.5. The maximum Gasteiger partial charge on any atom is 0.351 e. The van der Waals surface area contributed by atoms with Gasteiger partial charge in [-0.15, -0.1) is 0 Å². The number of hydrogen-bond donors (Lipinski definition) is 0. The lowest BCUT2D eigenvalue weighted by atomic mass is 10.2. The maximum atomic E-state index is 11.5. The standard InChI is InChI=1S/C13H20ClN3O2S/c1-9(2)8-16-4-6-17(7-5-16)13-15-11(14)10(20-13)12(18)19-3/h9H,4-8H2,1-3H3. The molecule has 0 aromatic carbocycles. The van der Waals surface area contributed by atoms with Gasteiger partial charge in [0.25, 0.3) is 0 Å². The van der Waals surface area contributed by atoms with Gasteiger partial charge < -0.3 is 9.64 Å². The minimum Gasteiger partial charge on any atom is -0.465 e. The van der Waals surface area contributed by atoms with Crippen LogP contribution in [0.5, 0.6) is 0 Å². The summed E-state index contributed by atoms with van der Waals surface area (Å²) in [7, 11) is 1.35. The van der Waals surface area contributed by atoms with Crippen LogP contribution in [-0.2, 0) is 4.74 Å². The van der Waals surface area contributed by atoms with Gasteiger partial charge in [-0.05, 0) is 5.92 Å². The fraction of sp³-hybridized carbons (Fsp3) is 0.692. The molecule has 1 aromatic heterocycles. The number of esters is 1. The van der Waals surface area contributed by atoms with E-state index in [-0.39, 0.29) is 5.15 Å². The summed E-state index contributed by atoms with van der Waals surface area (Å²) in [4.78, 5) is 20.8. The number of anilines is 1. The van der Waals surface area contributed by atoms with Gasteiger partial charge in [-0.3, -0.25) is 4.90 Å². The molecule has 2 rings (SSSR count). The number of aromatic nitrogens is 1. The number of ether oxygens (including phenoxy) is 1. The lowest BCUT2D eigenvalue weighted by Gasteiger charge is -2.35. The van der Waals surface area contributed by atoms with E-state index in [4.69, 9.17) is 16.3 Å². The Morgan fingerprint density at radius 3 is 2.60 bits per heavy atom. The molecule has 1 aliphatic rings. The Balaban J connectivity index is 1.99. The highest BCUT2D eigenvalue weighted by molar-refractivity contribution is 7.18. The average Bonchev–Trinajstić information content (AvgIpc) is 2.80. The number of carbonyl (C=O) groups excluding carboxylic acids is 1. The van der Waals surface area contributed by atoms with Crippen molar-refractivity contribution >= 4 is 34.0 Å². The summed E-state index contributed by atoms with van der Waals surface area (Å²) in [6, 6.07) is 0. The first kappa shape index (κ1) is 15.5. The summed E-state index contributed by atoms with van der Waals surface area (Å²) in [6.45, 7) is 9.45. The quantitative estimate of drug-likeness (QED) is 0.798. The Kier molecular flexibility index (Phi) is 5.23. The summed E-state index contributed by atoms with van der Waals surface area (Å²) < 4.78 is 4.70. The van der Waals surface area contributed by atoms with Gasteiger partial charge in [-0.2, -0.15) is 0 Å². The molecule has 0 N–H and O–H groups in total. The summed E-state index contributed by atoms with van der Waals surface area (Å²) in [5, 5.41) is 1.04. The van der Waals surface area contributed by atoms with Crippen LogP contribution in [-0.4, -0.2) is 55.7 Å². The zero-order valence-corrected chi connectivity index (χ0v) is 13.6. The van der Waals surface area contributed by atoms with Crippen LogP contribution >= 0.6 is 22.9 Å². The Morgan fingerprint density at radius 2 is 2.05 bits per heavy atom. The number of carbonyl (C=O) groups is 1. The van der Waals surface area contributed by atoms with E-state index in [2.05, 4.69) is 28.6 Å². The highest BCUT2D eigenvalue weighted by Gasteiger charge is 2.23. The van der Waals surface area contributed by atoms with Crippen LogP contribution in [0.25, 0.3) is 0 Å². The van der Waals surface area contributed by atoms with Crippen molar-refractivity contribution in [2.24, 2.45) is 5.92 Å². The van der Waals surface area contributed by atoms with E-state index in [9.17, 15) is 4.79 Å². The van der Waals surface area contributed by atoms with Gasteiger partial charge in [0, 0.05) is 32.7 Å². The van der Waals surface area contributed by atoms with E-state index in [1.165, 1.54) is 18.4 Å². The topological polar surface area (TPSA) is 45.7 Å². The summed E-state index contributed by atoms with van der Waals surface area (Å²) in [6.07, 6.45) is 0. The van der Waals surface area contributed by atoms with Gasteiger partial charge in [0.05, 0.1) is 7.11 Å². The lowest BCUT2D eigenvalue weighted by molar-refractivity contribution is 0.0606. The molecule has 0 bridgehead atoms. The van der Waals surface area contributed by atoms with E-state index in [0.29, 0.717) is 10.8 Å². The van der Waals surface area contributed by atoms with E-state index in [1.54, 1.807) is 0 Å². The molecule has 0 aliphatic carbocycles. The molecule has 1 fully saturated rings. The van der Waals surface area contributed by atoms with E-state index in [1.807, 2.05) is 0 Å². The largest absolute Gasteiger partial charge is 0.465 e. The van der Waals surface area contributed by atoms with Crippen molar-refractivity contribution in [1.82, 2.24) is 9.88 Å². The van der Waals surface area contributed by atoms with Crippen LogP contribution in [0.2, 0.25) is 5.15 Å². The van der Waals surface area contributed by atoms with Gasteiger partial charge in [-0.25, -0.2) is 9.78 Å². The van der Waals surface area contributed by atoms with E-state index < -0.39 is 5.97 Å². The van der Waals surface area contributed by atoms with Crippen molar-refractivity contribution in [3.8, 4) is 0 Å². The molecule has 0 spiro atoms. The number of hydrogen-bond acceptors (Lipinski definition) is 6. The van der Waals surface area contributed by atoms with Crippen molar-refractivity contribution in [3.05, 3.63) is 10.0 Å². The van der Waals surface area contributed by atoms with E-state index in [0.717, 1.165) is 37.9 Å². The van der Waals surface area contributed by atoms with Crippen LogP contribution in [0.4, 0.5) is 5.13 Å². The molecule has 0 unspecified atom stereocenters. The minimum atomic E-state index is -0.419. The van der Waals surface area contributed by atoms with Crippen LogP contribution in [0.1, 0.15) is 23.5 Å². The molecule has 0 saturated carbocycles. The molecule has 1 aliphatic heterocycles. The Hall–Kier alpha value is -0.850. The van der Waals surface area contributed by atoms with Crippen molar-refractivity contribution in [2.45, 2.75) is 13.8 Å². The molecule has 0 amide bonds. The molecule has 1 aromatic rings.